The Hall–Kier alpha value is -1.78. The number of aryl methyl sites for hydroxylation is 1. The maximum absolute atomic E-state index is 6.11. The van der Waals surface area contributed by atoms with Crippen molar-refractivity contribution in [1.29, 1.82) is 0 Å². The molecule has 0 bridgehead atoms. The number of aromatic nitrogens is 1. The highest BCUT2D eigenvalue weighted by molar-refractivity contribution is 6.31. The van der Waals surface area contributed by atoms with Crippen LogP contribution in [-0.2, 0) is 11.3 Å². The van der Waals surface area contributed by atoms with Crippen molar-refractivity contribution in [2.75, 3.05) is 25.6 Å². The van der Waals surface area contributed by atoms with Crippen molar-refractivity contribution in [2.24, 2.45) is 0 Å². The average molecular weight is 307 g/mol. The lowest BCUT2D eigenvalue weighted by atomic mass is 10.1. The molecule has 0 radical (unpaired) electrons. The van der Waals surface area contributed by atoms with E-state index in [9.17, 15) is 0 Å². The van der Waals surface area contributed by atoms with E-state index in [0.29, 0.717) is 25.6 Å². The van der Waals surface area contributed by atoms with Crippen LogP contribution in [0.5, 0.6) is 5.88 Å². The number of ether oxygens (including phenoxy) is 2. The lowest BCUT2D eigenvalue weighted by Gasteiger charge is -2.09. The van der Waals surface area contributed by atoms with Gasteiger partial charge in [0.15, 0.2) is 0 Å². The predicted octanol–water partition coefficient (Wildman–Crippen LogP) is 3.68. The Morgan fingerprint density at radius 1 is 1.19 bits per heavy atom. The highest BCUT2D eigenvalue weighted by Gasteiger charge is 2.00. The second-order valence-corrected chi connectivity index (χ2v) is 5.07. The molecular weight excluding hydrogens is 288 g/mol. The molecule has 1 aromatic heterocycles. The number of hydrogen-bond acceptors (Lipinski definition) is 4. The number of hydrogen-bond donors (Lipinski definition) is 1. The fourth-order valence-corrected chi connectivity index (χ4v) is 1.95. The first-order valence-corrected chi connectivity index (χ1v) is 7.13. The molecule has 0 aliphatic carbocycles. The Labute approximate surface area is 130 Å². The van der Waals surface area contributed by atoms with Crippen LogP contribution in [0.4, 0.5) is 5.69 Å². The Morgan fingerprint density at radius 2 is 2.05 bits per heavy atom. The molecule has 5 heteroatoms. The topological polar surface area (TPSA) is 43.4 Å². The molecule has 1 heterocycles. The largest absolute Gasteiger partial charge is 0.475 e. The van der Waals surface area contributed by atoms with Gasteiger partial charge < -0.3 is 14.8 Å². The van der Waals surface area contributed by atoms with E-state index in [1.165, 1.54) is 0 Å². The minimum absolute atomic E-state index is 0.498. The van der Waals surface area contributed by atoms with Gasteiger partial charge in [0.2, 0.25) is 5.88 Å². The number of nitrogens with zero attached hydrogens (tertiary/aromatic N) is 1. The van der Waals surface area contributed by atoms with Crippen molar-refractivity contribution >= 4 is 17.3 Å². The molecule has 0 aliphatic heterocycles. The first-order valence-electron chi connectivity index (χ1n) is 6.76. The molecule has 0 saturated heterocycles. The number of nitrogens with one attached hydrogen (secondary N) is 1. The number of anilines is 1. The van der Waals surface area contributed by atoms with Gasteiger partial charge in [-0.25, -0.2) is 4.98 Å². The van der Waals surface area contributed by atoms with Crippen molar-refractivity contribution in [3.8, 4) is 5.88 Å². The lowest BCUT2D eigenvalue weighted by molar-refractivity contribution is 0.144. The molecule has 112 valence electrons. The van der Waals surface area contributed by atoms with Crippen LogP contribution in [0, 0.1) is 6.92 Å². The molecule has 0 aliphatic rings. The van der Waals surface area contributed by atoms with Crippen LogP contribution < -0.4 is 10.1 Å². The first-order chi connectivity index (χ1) is 10.2. The van der Waals surface area contributed by atoms with Crippen molar-refractivity contribution in [2.45, 2.75) is 13.5 Å². The maximum Gasteiger partial charge on any atom is 0.213 e. The number of methoxy groups -OCH3 is 1. The van der Waals surface area contributed by atoms with E-state index in [-0.39, 0.29) is 0 Å². The van der Waals surface area contributed by atoms with E-state index < -0.39 is 0 Å². The molecule has 2 rings (SSSR count). The van der Waals surface area contributed by atoms with E-state index in [1.54, 1.807) is 13.3 Å². The van der Waals surface area contributed by atoms with E-state index in [4.69, 9.17) is 21.1 Å². The second-order valence-electron chi connectivity index (χ2n) is 4.66. The summed E-state index contributed by atoms with van der Waals surface area (Å²) < 4.78 is 10.3. The smallest absolute Gasteiger partial charge is 0.213 e. The average Bonchev–Trinajstić information content (AvgIpc) is 2.50. The summed E-state index contributed by atoms with van der Waals surface area (Å²) in [5.41, 5.74) is 3.15. The van der Waals surface area contributed by atoms with Gasteiger partial charge in [-0.15, -0.1) is 0 Å². The monoisotopic (exact) mass is 306 g/mol. The van der Waals surface area contributed by atoms with Gasteiger partial charge in [-0.05, 0) is 30.2 Å². The van der Waals surface area contributed by atoms with Gasteiger partial charge in [-0.2, -0.15) is 0 Å². The van der Waals surface area contributed by atoms with Gasteiger partial charge in [-0.3, -0.25) is 0 Å². The van der Waals surface area contributed by atoms with Crippen LogP contribution in [0.25, 0.3) is 0 Å². The third kappa shape index (κ3) is 4.92. The zero-order valence-corrected chi connectivity index (χ0v) is 13.0. The van der Waals surface area contributed by atoms with Crippen LogP contribution in [-0.4, -0.2) is 25.3 Å². The SMILES string of the molecule is COCCOc1ccc(NCc2ccc(C)c(Cl)c2)cn1. The number of pyridine rings is 1. The minimum Gasteiger partial charge on any atom is -0.475 e. The van der Waals surface area contributed by atoms with Crippen LogP contribution in [0.3, 0.4) is 0 Å². The molecular formula is C16H19ClN2O2. The third-order valence-electron chi connectivity index (χ3n) is 3.01. The standard InChI is InChI=1S/C16H19ClN2O2/c1-12-3-4-13(9-15(12)17)10-18-14-5-6-16(19-11-14)21-8-7-20-2/h3-6,9,11,18H,7-8,10H2,1-2H3. The van der Waals surface area contributed by atoms with Crippen LogP contribution in [0.2, 0.25) is 5.02 Å². The summed E-state index contributed by atoms with van der Waals surface area (Å²) in [6.07, 6.45) is 1.75. The van der Waals surface area contributed by atoms with Gasteiger partial charge in [0, 0.05) is 24.7 Å². The molecule has 1 N–H and O–H groups in total. The zero-order chi connectivity index (χ0) is 15.1. The molecule has 0 spiro atoms. The summed E-state index contributed by atoms with van der Waals surface area (Å²) in [5, 5.41) is 4.09. The number of benzene rings is 1. The summed E-state index contributed by atoms with van der Waals surface area (Å²) in [7, 11) is 1.64. The normalized spacial score (nSPS) is 10.4. The van der Waals surface area contributed by atoms with Crippen molar-refractivity contribution in [1.82, 2.24) is 4.98 Å². The van der Waals surface area contributed by atoms with Crippen molar-refractivity contribution in [3.63, 3.8) is 0 Å². The Morgan fingerprint density at radius 3 is 2.71 bits per heavy atom. The summed E-state index contributed by atoms with van der Waals surface area (Å²) >= 11 is 6.11. The highest BCUT2D eigenvalue weighted by Crippen LogP contribution is 2.18. The van der Waals surface area contributed by atoms with Crippen LogP contribution in [0.1, 0.15) is 11.1 Å². The molecule has 0 fully saturated rings. The third-order valence-corrected chi connectivity index (χ3v) is 3.41. The van der Waals surface area contributed by atoms with Crippen molar-refractivity contribution < 1.29 is 9.47 Å². The molecule has 21 heavy (non-hydrogen) atoms. The maximum atomic E-state index is 6.11. The van der Waals surface area contributed by atoms with E-state index in [1.807, 2.05) is 31.2 Å². The molecule has 0 unspecified atom stereocenters. The van der Waals surface area contributed by atoms with Gasteiger partial charge in [0.1, 0.15) is 6.61 Å². The fourth-order valence-electron chi connectivity index (χ4n) is 1.75. The Balaban J connectivity index is 1.86. The molecule has 0 saturated carbocycles. The van der Waals surface area contributed by atoms with Gasteiger partial charge in [-0.1, -0.05) is 23.7 Å². The summed E-state index contributed by atoms with van der Waals surface area (Å²) in [5.74, 6) is 0.594. The Kier molecular flexibility index (Phi) is 5.84. The van der Waals surface area contributed by atoms with Crippen LogP contribution in [0.15, 0.2) is 36.5 Å². The summed E-state index contributed by atoms with van der Waals surface area (Å²) in [6, 6.07) is 9.82. The number of rotatable bonds is 7. The fraction of sp³-hybridized carbons (Fsp3) is 0.312. The summed E-state index contributed by atoms with van der Waals surface area (Å²) in [6.45, 7) is 3.74. The van der Waals surface area contributed by atoms with Gasteiger partial charge in [0.05, 0.1) is 18.5 Å². The molecule has 2 aromatic rings. The molecule has 0 atom stereocenters. The van der Waals surface area contributed by atoms with E-state index in [2.05, 4.69) is 16.4 Å². The molecule has 0 amide bonds. The molecule has 1 aromatic carbocycles. The summed E-state index contributed by atoms with van der Waals surface area (Å²) in [4.78, 5) is 4.23. The quantitative estimate of drug-likeness (QED) is 0.792. The van der Waals surface area contributed by atoms with Crippen molar-refractivity contribution in [3.05, 3.63) is 52.7 Å². The van der Waals surface area contributed by atoms with E-state index in [0.717, 1.165) is 21.8 Å². The predicted molar refractivity (Wildman–Crippen MR) is 85.1 cm³/mol. The highest BCUT2D eigenvalue weighted by atomic mass is 35.5. The van der Waals surface area contributed by atoms with E-state index >= 15 is 0 Å². The lowest BCUT2D eigenvalue weighted by Crippen LogP contribution is -2.05. The zero-order valence-electron chi connectivity index (χ0n) is 12.2. The second kappa shape index (κ2) is 7.86. The first kappa shape index (κ1) is 15.6. The minimum atomic E-state index is 0.498. The Bertz CT molecular complexity index is 573. The number of halogens is 1. The molecule has 4 nitrogen and oxygen atoms in total. The van der Waals surface area contributed by atoms with Gasteiger partial charge >= 0.3 is 0 Å². The van der Waals surface area contributed by atoms with Gasteiger partial charge in [0.25, 0.3) is 0 Å². The van der Waals surface area contributed by atoms with Crippen LogP contribution >= 0.6 is 11.6 Å².